The highest BCUT2D eigenvalue weighted by Crippen LogP contribution is 2.41. The average molecular weight is 251 g/mol. The maximum absolute atomic E-state index is 3.74. The molecule has 17 heavy (non-hydrogen) atoms. The van der Waals surface area contributed by atoms with Crippen LogP contribution in [0.1, 0.15) is 43.4 Å². The molecule has 3 unspecified atom stereocenters. The van der Waals surface area contributed by atoms with Crippen molar-refractivity contribution < 1.29 is 0 Å². The second-order valence-electron chi connectivity index (χ2n) is 5.36. The summed E-state index contributed by atoms with van der Waals surface area (Å²) in [6.07, 6.45) is 5.08. The van der Waals surface area contributed by atoms with Gasteiger partial charge in [-0.1, -0.05) is 20.8 Å². The Balaban J connectivity index is 1.91. The molecule has 2 heteroatoms. The number of hydrogen-bond donors (Lipinski definition) is 1. The summed E-state index contributed by atoms with van der Waals surface area (Å²) in [6.45, 7) is 8.04. The summed E-state index contributed by atoms with van der Waals surface area (Å²) in [5.74, 6) is 1.86. The Kier molecular flexibility index (Phi) is 4.63. The molecule has 0 amide bonds. The normalized spacial score (nSPS) is 24.9. The van der Waals surface area contributed by atoms with E-state index in [9.17, 15) is 0 Å². The van der Waals surface area contributed by atoms with E-state index >= 15 is 0 Å². The first kappa shape index (κ1) is 13.1. The molecule has 1 aliphatic rings. The molecule has 1 heterocycles. The third-order valence-corrected chi connectivity index (χ3v) is 5.08. The number of rotatable bonds is 7. The standard InChI is InChI=1S/C15H25NS/c1-4-8-16-15(14-9-11(14)3)10-13-7-6-12(5-2)17-13/h6-7,11,14-16H,4-5,8-10H2,1-3H3. The average Bonchev–Trinajstić information content (AvgIpc) is 2.89. The second kappa shape index (κ2) is 6.01. The van der Waals surface area contributed by atoms with Crippen molar-refractivity contribution in [3.05, 3.63) is 21.9 Å². The highest BCUT2D eigenvalue weighted by molar-refractivity contribution is 7.11. The molecule has 1 aromatic heterocycles. The lowest BCUT2D eigenvalue weighted by Gasteiger charge is -2.17. The highest BCUT2D eigenvalue weighted by Gasteiger charge is 2.39. The number of hydrogen-bond acceptors (Lipinski definition) is 2. The van der Waals surface area contributed by atoms with Crippen molar-refractivity contribution in [3.8, 4) is 0 Å². The first-order valence-corrected chi connectivity index (χ1v) is 7.87. The summed E-state index contributed by atoms with van der Waals surface area (Å²) < 4.78 is 0. The van der Waals surface area contributed by atoms with Gasteiger partial charge in [0.2, 0.25) is 0 Å². The van der Waals surface area contributed by atoms with Crippen LogP contribution in [0.25, 0.3) is 0 Å². The van der Waals surface area contributed by atoms with Gasteiger partial charge in [0.05, 0.1) is 0 Å². The van der Waals surface area contributed by atoms with Crippen LogP contribution in [-0.4, -0.2) is 12.6 Å². The van der Waals surface area contributed by atoms with Crippen LogP contribution >= 0.6 is 11.3 Å². The Morgan fingerprint density at radius 3 is 2.59 bits per heavy atom. The minimum atomic E-state index is 0.716. The number of nitrogens with one attached hydrogen (secondary N) is 1. The largest absolute Gasteiger partial charge is 0.313 e. The van der Waals surface area contributed by atoms with Crippen molar-refractivity contribution >= 4 is 11.3 Å². The molecule has 1 saturated carbocycles. The summed E-state index contributed by atoms with van der Waals surface area (Å²) in [5.41, 5.74) is 0. The minimum Gasteiger partial charge on any atom is -0.313 e. The Morgan fingerprint density at radius 2 is 2.06 bits per heavy atom. The number of aryl methyl sites for hydroxylation is 1. The molecule has 0 bridgehead atoms. The second-order valence-corrected chi connectivity index (χ2v) is 6.62. The Bertz CT molecular complexity index is 344. The number of thiophene rings is 1. The van der Waals surface area contributed by atoms with E-state index in [0.717, 1.165) is 11.8 Å². The van der Waals surface area contributed by atoms with Crippen molar-refractivity contribution in [2.24, 2.45) is 11.8 Å². The van der Waals surface area contributed by atoms with Crippen molar-refractivity contribution in [1.82, 2.24) is 5.32 Å². The molecule has 1 N–H and O–H groups in total. The van der Waals surface area contributed by atoms with Crippen LogP contribution in [0.15, 0.2) is 12.1 Å². The van der Waals surface area contributed by atoms with Gasteiger partial charge in [0.1, 0.15) is 0 Å². The van der Waals surface area contributed by atoms with Gasteiger partial charge >= 0.3 is 0 Å². The van der Waals surface area contributed by atoms with Crippen LogP contribution < -0.4 is 5.32 Å². The molecule has 2 rings (SSSR count). The molecule has 3 atom stereocenters. The first-order valence-electron chi connectivity index (χ1n) is 7.05. The van der Waals surface area contributed by atoms with Gasteiger partial charge in [0.15, 0.2) is 0 Å². The van der Waals surface area contributed by atoms with Gasteiger partial charge in [-0.25, -0.2) is 0 Å². The molecule has 96 valence electrons. The minimum absolute atomic E-state index is 0.716. The molecule has 0 aromatic carbocycles. The predicted molar refractivity (Wildman–Crippen MR) is 76.8 cm³/mol. The maximum Gasteiger partial charge on any atom is 0.0146 e. The SMILES string of the molecule is CCCNC(Cc1ccc(CC)s1)C1CC1C. The van der Waals surface area contributed by atoms with E-state index in [4.69, 9.17) is 0 Å². The van der Waals surface area contributed by atoms with Crippen LogP contribution in [0, 0.1) is 11.8 Å². The van der Waals surface area contributed by atoms with Crippen LogP contribution in [0.5, 0.6) is 0 Å². The molecule has 1 fully saturated rings. The summed E-state index contributed by atoms with van der Waals surface area (Å²) in [6, 6.07) is 5.35. The van der Waals surface area contributed by atoms with Gasteiger partial charge < -0.3 is 5.32 Å². The molecular formula is C15H25NS. The van der Waals surface area contributed by atoms with Gasteiger partial charge in [-0.2, -0.15) is 0 Å². The van der Waals surface area contributed by atoms with Crippen LogP contribution in [-0.2, 0) is 12.8 Å². The molecule has 0 spiro atoms. The molecule has 0 saturated heterocycles. The molecule has 0 radical (unpaired) electrons. The Hall–Kier alpha value is -0.340. The van der Waals surface area contributed by atoms with E-state index in [1.54, 1.807) is 4.88 Å². The zero-order chi connectivity index (χ0) is 12.3. The van der Waals surface area contributed by atoms with E-state index < -0.39 is 0 Å². The molecule has 1 aliphatic carbocycles. The molecule has 1 nitrogen and oxygen atoms in total. The van der Waals surface area contributed by atoms with E-state index in [0.29, 0.717) is 6.04 Å². The smallest absolute Gasteiger partial charge is 0.0146 e. The van der Waals surface area contributed by atoms with Crippen LogP contribution in [0.4, 0.5) is 0 Å². The van der Waals surface area contributed by atoms with Gasteiger partial charge in [0.25, 0.3) is 0 Å². The predicted octanol–water partition coefficient (Wildman–Crippen LogP) is 3.88. The van der Waals surface area contributed by atoms with Crippen molar-refractivity contribution in [3.63, 3.8) is 0 Å². The third-order valence-electron chi connectivity index (χ3n) is 3.83. The fourth-order valence-electron chi connectivity index (χ4n) is 2.56. The first-order chi connectivity index (χ1) is 8.24. The summed E-state index contributed by atoms with van der Waals surface area (Å²) in [5, 5.41) is 3.74. The zero-order valence-electron chi connectivity index (χ0n) is 11.3. The summed E-state index contributed by atoms with van der Waals surface area (Å²) in [4.78, 5) is 3.09. The topological polar surface area (TPSA) is 12.0 Å². The molecular weight excluding hydrogens is 226 g/mol. The van der Waals surface area contributed by atoms with E-state index in [1.165, 1.54) is 37.1 Å². The monoisotopic (exact) mass is 251 g/mol. The van der Waals surface area contributed by atoms with Crippen LogP contribution in [0.3, 0.4) is 0 Å². The highest BCUT2D eigenvalue weighted by atomic mass is 32.1. The van der Waals surface area contributed by atoms with Gasteiger partial charge in [-0.3, -0.25) is 0 Å². The van der Waals surface area contributed by atoms with E-state index in [2.05, 4.69) is 38.2 Å². The van der Waals surface area contributed by atoms with E-state index in [1.807, 2.05) is 11.3 Å². The maximum atomic E-state index is 3.74. The van der Waals surface area contributed by atoms with Crippen molar-refractivity contribution in [2.45, 2.75) is 52.5 Å². The zero-order valence-corrected chi connectivity index (χ0v) is 12.1. The van der Waals surface area contributed by atoms with Gasteiger partial charge in [-0.05, 0) is 56.2 Å². The summed E-state index contributed by atoms with van der Waals surface area (Å²) >= 11 is 2.00. The molecule has 1 aromatic rings. The van der Waals surface area contributed by atoms with E-state index in [-0.39, 0.29) is 0 Å². The lowest BCUT2D eigenvalue weighted by atomic mass is 10.1. The third kappa shape index (κ3) is 3.56. The Labute approximate surface area is 110 Å². The fourth-order valence-corrected chi connectivity index (χ4v) is 3.57. The fraction of sp³-hybridized carbons (Fsp3) is 0.733. The van der Waals surface area contributed by atoms with Gasteiger partial charge in [-0.15, -0.1) is 11.3 Å². The van der Waals surface area contributed by atoms with Gasteiger partial charge in [0, 0.05) is 15.8 Å². The lowest BCUT2D eigenvalue weighted by Crippen LogP contribution is -2.34. The molecule has 0 aliphatic heterocycles. The van der Waals surface area contributed by atoms with Crippen molar-refractivity contribution in [2.75, 3.05) is 6.54 Å². The van der Waals surface area contributed by atoms with Crippen LogP contribution in [0.2, 0.25) is 0 Å². The van der Waals surface area contributed by atoms with Crippen molar-refractivity contribution in [1.29, 1.82) is 0 Å². The summed E-state index contributed by atoms with van der Waals surface area (Å²) in [7, 11) is 0. The lowest BCUT2D eigenvalue weighted by molar-refractivity contribution is 0.446. The quantitative estimate of drug-likeness (QED) is 0.775. The Morgan fingerprint density at radius 1 is 1.35 bits per heavy atom.